The number of sulfonamides is 1. The van der Waals surface area contributed by atoms with Crippen LogP contribution in [0.4, 0.5) is 5.69 Å². The van der Waals surface area contributed by atoms with E-state index in [-0.39, 0.29) is 16.8 Å². The molecule has 0 bridgehead atoms. The Morgan fingerprint density at radius 3 is 1.79 bits per heavy atom. The smallest absolute Gasteiger partial charge is 0.261 e. The molecule has 4 aromatic rings. The van der Waals surface area contributed by atoms with Gasteiger partial charge in [0.2, 0.25) is 0 Å². The number of aryl methyl sites for hydroxylation is 1. The molecule has 0 fully saturated rings. The van der Waals surface area contributed by atoms with Crippen molar-refractivity contribution >= 4 is 21.6 Å². The van der Waals surface area contributed by atoms with Crippen LogP contribution < -0.4 is 10.0 Å². The summed E-state index contributed by atoms with van der Waals surface area (Å²) in [6.45, 7) is 1.79. The van der Waals surface area contributed by atoms with Crippen LogP contribution in [-0.4, -0.2) is 14.3 Å². The summed E-state index contributed by atoms with van der Waals surface area (Å²) in [5, 5.41) is 3.09. The van der Waals surface area contributed by atoms with E-state index in [2.05, 4.69) is 10.0 Å². The Morgan fingerprint density at radius 2 is 1.24 bits per heavy atom. The van der Waals surface area contributed by atoms with E-state index in [1.807, 2.05) is 60.7 Å². The van der Waals surface area contributed by atoms with Crippen molar-refractivity contribution in [3.8, 4) is 0 Å². The third-order valence-electron chi connectivity index (χ3n) is 5.34. The normalized spacial score (nSPS) is 11.2. The summed E-state index contributed by atoms with van der Waals surface area (Å²) >= 11 is 0. The molecule has 4 aromatic carbocycles. The Kier molecular flexibility index (Phi) is 6.56. The molecule has 0 aliphatic heterocycles. The fourth-order valence-electron chi connectivity index (χ4n) is 3.54. The Bertz CT molecular complexity index is 1300. The van der Waals surface area contributed by atoms with E-state index in [9.17, 15) is 13.2 Å². The highest BCUT2D eigenvalue weighted by Crippen LogP contribution is 2.24. The average molecular weight is 457 g/mol. The highest BCUT2D eigenvalue weighted by Gasteiger charge is 2.20. The summed E-state index contributed by atoms with van der Waals surface area (Å²) in [6, 6.07) is 32.2. The van der Waals surface area contributed by atoms with E-state index >= 15 is 0 Å². The second-order valence-corrected chi connectivity index (χ2v) is 9.36. The second kappa shape index (κ2) is 9.71. The van der Waals surface area contributed by atoms with Crippen molar-refractivity contribution in [1.29, 1.82) is 0 Å². The molecular formula is C27H24N2O3S. The third kappa shape index (κ3) is 5.30. The van der Waals surface area contributed by atoms with Crippen LogP contribution >= 0.6 is 0 Å². The standard InChI is InChI=1S/C27H24N2O3S/c1-20-17-18-23(19-25(20)29-33(31,32)24-15-9-4-10-16-24)27(30)28-26(21-11-5-2-6-12-21)22-13-7-3-8-14-22/h2-19,26,29H,1H3,(H,28,30). The second-order valence-electron chi connectivity index (χ2n) is 7.68. The molecule has 0 radical (unpaired) electrons. The summed E-state index contributed by atoms with van der Waals surface area (Å²) in [5.74, 6) is -0.298. The van der Waals surface area contributed by atoms with Gasteiger partial charge in [0, 0.05) is 5.56 Å². The number of hydrogen-bond acceptors (Lipinski definition) is 3. The molecule has 0 spiro atoms. The van der Waals surface area contributed by atoms with Gasteiger partial charge in [0.25, 0.3) is 15.9 Å². The van der Waals surface area contributed by atoms with E-state index in [0.29, 0.717) is 16.8 Å². The van der Waals surface area contributed by atoms with Gasteiger partial charge in [-0.1, -0.05) is 84.9 Å². The van der Waals surface area contributed by atoms with Gasteiger partial charge in [0.15, 0.2) is 0 Å². The number of carbonyl (C=O) groups excluding carboxylic acids is 1. The molecule has 0 atom stereocenters. The maximum Gasteiger partial charge on any atom is 0.261 e. The van der Waals surface area contributed by atoms with Gasteiger partial charge in [-0.15, -0.1) is 0 Å². The van der Waals surface area contributed by atoms with Crippen molar-refractivity contribution in [2.45, 2.75) is 17.9 Å². The van der Waals surface area contributed by atoms with Crippen molar-refractivity contribution in [3.05, 3.63) is 131 Å². The molecule has 0 saturated carbocycles. The van der Waals surface area contributed by atoms with Crippen LogP contribution in [0.3, 0.4) is 0 Å². The van der Waals surface area contributed by atoms with Crippen LogP contribution in [0, 0.1) is 6.92 Å². The molecule has 0 aliphatic rings. The molecule has 0 aliphatic carbocycles. The van der Waals surface area contributed by atoms with E-state index < -0.39 is 10.0 Å². The zero-order chi connectivity index (χ0) is 23.3. The summed E-state index contributed by atoms with van der Waals surface area (Å²) < 4.78 is 28.1. The number of rotatable bonds is 7. The zero-order valence-electron chi connectivity index (χ0n) is 18.1. The predicted octanol–water partition coefficient (Wildman–Crippen LogP) is 5.32. The molecule has 1 amide bonds. The summed E-state index contributed by atoms with van der Waals surface area (Å²) in [4.78, 5) is 13.4. The molecule has 0 aromatic heterocycles. The third-order valence-corrected chi connectivity index (χ3v) is 6.72. The molecule has 5 nitrogen and oxygen atoms in total. The molecule has 166 valence electrons. The first-order chi connectivity index (χ1) is 15.9. The molecule has 4 rings (SSSR count). The fraction of sp³-hybridized carbons (Fsp3) is 0.0741. The topological polar surface area (TPSA) is 75.3 Å². The SMILES string of the molecule is Cc1ccc(C(=O)NC(c2ccccc2)c2ccccc2)cc1NS(=O)(=O)c1ccccc1. The van der Waals surface area contributed by atoms with Gasteiger partial charge in [0.1, 0.15) is 0 Å². The quantitative estimate of drug-likeness (QED) is 0.395. The Labute approximate surface area is 194 Å². The van der Waals surface area contributed by atoms with Gasteiger partial charge in [0.05, 0.1) is 16.6 Å². The first-order valence-electron chi connectivity index (χ1n) is 10.5. The lowest BCUT2D eigenvalue weighted by molar-refractivity contribution is 0.0943. The number of anilines is 1. The summed E-state index contributed by atoms with van der Waals surface area (Å²) in [5.41, 5.74) is 3.35. The zero-order valence-corrected chi connectivity index (χ0v) is 18.9. The number of amides is 1. The predicted molar refractivity (Wildman–Crippen MR) is 131 cm³/mol. The van der Waals surface area contributed by atoms with Crippen molar-refractivity contribution in [2.75, 3.05) is 4.72 Å². The Balaban J connectivity index is 1.62. The molecule has 6 heteroatoms. The van der Waals surface area contributed by atoms with Crippen LogP contribution in [0.15, 0.2) is 114 Å². The molecule has 2 N–H and O–H groups in total. The van der Waals surface area contributed by atoms with Crippen molar-refractivity contribution < 1.29 is 13.2 Å². The average Bonchev–Trinajstić information content (AvgIpc) is 2.85. The lowest BCUT2D eigenvalue weighted by atomic mass is 9.98. The first-order valence-corrected chi connectivity index (χ1v) is 12.0. The largest absolute Gasteiger partial charge is 0.341 e. The molecular weight excluding hydrogens is 432 g/mol. The minimum absolute atomic E-state index is 0.160. The molecule has 0 heterocycles. The monoisotopic (exact) mass is 456 g/mol. The summed E-state index contributed by atoms with van der Waals surface area (Å²) in [7, 11) is -3.77. The van der Waals surface area contributed by atoms with E-state index in [4.69, 9.17) is 0 Å². The van der Waals surface area contributed by atoms with Gasteiger partial charge >= 0.3 is 0 Å². The lowest BCUT2D eigenvalue weighted by Gasteiger charge is -2.20. The highest BCUT2D eigenvalue weighted by molar-refractivity contribution is 7.92. The van der Waals surface area contributed by atoms with Gasteiger partial charge in [-0.3, -0.25) is 9.52 Å². The minimum atomic E-state index is -3.77. The van der Waals surface area contributed by atoms with Crippen molar-refractivity contribution in [1.82, 2.24) is 5.32 Å². The van der Waals surface area contributed by atoms with Gasteiger partial charge in [-0.25, -0.2) is 8.42 Å². The maximum atomic E-state index is 13.2. The van der Waals surface area contributed by atoms with Gasteiger partial charge in [-0.05, 0) is 47.9 Å². The van der Waals surface area contributed by atoms with E-state index in [1.54, 1.807) is 43.3 Å². The van der Waals surface area contributed by atoms with Gasteiger partial charge in [-0.2, -0.15) is 0 Å². The Morgan fingerprint density at radius 1 is 0.727 bits per heavy atom. The molecule has 0 unspecified atom stereocenters. The number of nitrogens with one attached hydrogen (secondary N) is 2. The number of carbonyl (C=O) groups is 1. The van der Waals surface area contributed by atoms with Crippen LogP contribution in [0.5, 0.6) is 0 Å². The van der Waals surface area contributed by atoms with Crippen molar-refractivity contribution in [2.24, 2.45) is 0 Å². The van der Waals surface area contributed by atoms with Crippen LogP contribution in [0.2, 0.25) is 0 Å². The highest BCUT2D eigenvalue weighted by atomic mass is 32.2. The molecule has 33 heavy (non-hydrogen) atoms. The molecule has 0 saturated heterocycles. The fourth-order valence-corrected chi connectivity index (χ4v) is 4.68. The van der Waals surface area contributed by atoms with Crippen molar-refractivity contribution in [3.63, 3.8) is 0 Å². The summed E-state index contributed by atoms with van der Waals surface area (Å²) in [6.07, 6.45) is 0. The van der Waals surface area contributed by atoms with Crippen LogP contribution in [0.1, 0.15) is 33.1 Å². The lowest BCUT2D eigenvalue weighted by Crippen LogP contribution is -2.29. The maximum absolute atomic E-state index is 13.2. The van der Waals surface area contributed by atoms with E-state index in [0.717, 1.165) is 11.1 Å². The number of hydrogen-bond donors (Lipinski definition) is 2. The first kappa shape index (κ1) is 22.3. The van der Waals surface area contributed by atoms with Crippen LogP contribution in [-0.2, 0) is 10.0 Å². The van der Waals surface area contributed by atoms with E-state index in [1.165, 1.54) is 12.1 Å². The van der Waals surface area contributed by atoms with Gasteiger partial charge < -0.3 is 5.32 Å². The number of benzene rings is 4. The van der Waals surface area contributed by atoms with Crippen LogP contribution in [0.25, 0.3) is 0 Å². The Hall–Kier alpha value is -3.90. The minimum Gasteiger partial charge on any atom is -0.341 e.